The Kier molecular flexibility index (Phi) is 7.36. The number of carbonyl (C=O) groups excluding carboxylic acids is 1. The molecule has 0 spiro atoms. The number of methoxy groups -OCH3 is 1. The summed E-state index contributed by atoms with van der Waals surface area (Å²) in [5, 5.41) is 25.0. The number of non-ortho nitro benzene ring substituents is 1. The number of alkyl halides is 1. The van der Waals surface area contributed by atoms with Gasteiger partial charge in [-0.05, 0) is 12.5 Å². The fourth-order valence-corrected chi connectivity index (χ4v) is 1.71. The minimum Gasteiger partial charge on any atom is -0.494 e. The van der Waals surface area contributed by atoms with Crippen molar-refractivity contribution in [2.24, 2.45) is 0 Å². The van der Waals surface area contributed by atoms with Crippen LogP contribution in [0.1, 0.15) is 6.42 Å². The van der Waals surface area contributed by atoms with Crippen LogP contribution < -0.4 is 15.4 Å². The molecule has 0 unspecified atom stereocenters. The van der Waals surface area contributed by atoms with Crippen molar-refractivity contribution in [1.82, 2.24) is 5.32 Å². The molecule has 2 N–H and O–H groups in total. The lowest BCUT2D eigenvalue weighted by Crippen LogP contribution is -2.17. The maximum absolute atomic E-state index is 12.0. The van der Waals surface area contributed by atoms with Crippen LogP contribution in [0.4, 0.5) is 11.4 Å². The van der Waals surface area contributed by atoms with Gasteiger partial charge in [0.15, 0.2) is 0 Å². The number of carbonyl (C=O) groups is 1. The fraction of sp³-hybridized carbons (Fsp3) is 0.286. The van der Waals surface area contributed by atoms with Gasteiger partial charge in [-0.15, -0.1) is 11.6 Å². The molecule has 1 rings (SSSR count). The van der Waals surface area contributed by atoms with Crippen LogP contribution in [0.15, 0.2) is 30.0 Å². The molecule has 0 saturated heterocycles. The number of rotatable bonds is 8. The lowest BCUT2D eigenvalue weighted by atomic mass is 10.2. The van der Waals surface area contributed by atoms with Gasteiger partial charge in [0.05, 0.1) is 23.8 Å². The number of hydrogen-bond acceptors (Lipinski definition) is 6. The van der Waals surface area contributed by atoms with Crippen molar-refractivity contribution in [3.63, 3.8) is 0 Å². The highest BCUT2D eigenvalue weighted by Gasteiger charge is 2.15. The average molecular weight is 339 g/mol. The van der Waals surface area contributed by atoms with E-state index in [1.165, 1.54) is 31.5 Å². The Morgan fingerprint density at radius 3 is 2.87 bits per heavy atom. The summed E-state index contributed by atoms with van der Waals surface area (Å²) in [6.45, 7) is 0.531. The third kappa shape index (κ3) is 5.48. The van der Waals surface area contributed by atoms with Crippen LogP contribution in [-0.2, 0) is 4.79 Å². The number of ether oxygens (including phenoxy) is 1. The highest BCUT2D eigenvalue weighted by atomic mass is 35.5. The Morgan fingerprint density at radius 1 is 1.57 bits per heavy atom. The van der Waals surface area contributed by atoms with E-state index in [1.807, 2.05) is 0 Å². The van der Waals surface area contributed by atoms with Gasteiger partial charge in [0.25, 0.3) is 11.6 Å². The summed E-state index contributed by atoms with van der Waals surface area (Å²) in [5.41, 5.74) is -0.0800. The predicted molar refractivity (Wildman–Crippen MR) is 85.3 cm³/mol. The number of nitrogens with zero attached hydrogens (tertiary/aromatic N) is 2. The Labute approximate surface area is 137 Å². The Hall–Kier alpha value is -2.79. The van der Waals surface area contributed by atoms with Crippen LogP contribution in [0, 0.1) is 21.4 Å². The van der Waals surface area contributed by atoms with E-state index in [-0.39, 0.29) is 22.7 Å². The summed E-state index contributed by atoms with van der Waals surface area (Å²) in [4.78, 5) is 22.2. The zero-order chi connectivity index (χ0) is 17.2. The highest BCUT2D eigenvalue weighted by Crippen LogP contribution is 2.29. The first kappa shape index (κ1) is 18.3. The summed E-state index contributed by atoms with van der Waals surface area (Å²) in [6.07, 6.45) is 1.98. The molecule has 0 fully saturated rings. The molecule has 0 bridgehead atoms. The number of anilines is 1. The van der Waals surface area contributed by atoms with Crippen molar-refractivity contribution < 1.29 is 14.5 Å². The standard InChI is InChI=1S/C14H15ClN4O4/c1-23-13-7-11(19(21)22)3-4-12(13)18-14(20)10(8-16)9-17-6-2-5-15/h3-4,7,9,17H,2,5-6H2,1H3,(H,18,20)/b10-9-. The molecule has 8 nitrogen and oxygen atoms in total. The number of benzene rings is 1. The molecule has 0 radical (unpaired) electrons. The van der Waals surface area contributed by atoms with E-state index in [4.69, 9.17) is 21.6 Å². The van der Waals surface area contributed by atoms with Gasteiger partial charge in [0, 0.05) is 24.7 Å². The molecule has 0 aliphatic carbocycles. The third-order valence-corrected chi connectivity index (χ3v) is 2.98. The van der Waals surface area contributed by atoms with Gasteiger partial charge < -0.3 is 15.4 Å². The second kappa shape index (κ2) is 9.27. The predicted octanol–water partition coefficient (Wildman–Crippen LogP) is 2.17. The molecule has 0 aliphatic heterocycles. The van der Waals surface area contributed by atoms with Gasteiger partial charge in [-0.2, -0.15) is 5.26 Å². The zero-order valence-electron chi connectivity index (χ0n) is 12.3. The van der Waals surface area contributed by atoms with Crippen molar-refractivity contribution in [3.8, 4) is 11.8 Å². The number of amides is 1. The third-order valence-electron chi connectivity index (χ3n) is 2.71. The molecule has 0 aromatic heterocycles. The Balaban J connectivity index is 2.87. The van der Waals surface area contributed by atoms with Gasteiger partial charge in [-0.3, -0.25) is 14.9 Å². The minimum absolute atomic E-state index is 0.125. The fourth-order valence-electron chi connectivity index (χ4n) is 1.58. The summed E-state index contributed by atoms with van der Waals surface area (Å²) in [6, 6.07) is 5.52. The SMILES string of the molecule is COc1cc([N+](=O)[O-])ccc1NC(=O)/C(C#N)=C\NCCCCl. The number of halogens is 1. The van der Waals surface area contributed by atoms with Crippen LogP contribution in [0.2, 0.25) is 0 Å². The molecular formula is C14H15ClN4O4. The quantitative estimate of drug-likeness (QED) is 0.187. The maximum Gasteiger partial charge on any atom is 0.273 e. The Bertz CT molecular complexity index is 655. The molecular weight excluding hydrogens is 324 g/mol. The highest BCUT2D eigenvalue weighted by molar-refractivity contribution is 6.17. The van der Waals surface area contributed by atoms with Gasteiger partial charge in [0.2, 0.25) is 0 Å². The Morgan fingerprint density at radius 2 is 2.30 bits per heavy atom. The first-order valence-electron chi connectivity index (χ1n) is 6.57. The molecule has 0 heterocycles. The van der Waals surface area contributed by atoms with Gasteiger partial charge in [-0.1, -0.05) is 0 Å². The lowest BCUT2D eigenvalue weighted by molar-refractivity contribution is -0.384. The summed E-state index contributed by atoms with van der Waals surface area (Å²) in [5.74, 6) is -0.0625. The largest absolute Gasteiger partial charge is 0.494 e. The van der Waals surface area contributed by atoms with Crippen LogP contribution in [0.5, 0.6) is 5.75 Å². The van der Waals surface area contributed by atoms with Crippen molar-refractivity contribution in [2.75, 3.05) is 24.9 Å². The molecule has 0 atom stereocenters. The van der Waals surface area contributed by atoms with Crippen LogP contribution >= 0.6 is 11.6 Å². The molecule has 122 valence electrons. The van der Waals surface area contributed by atoms with Crippen molar-refractivity contribution >= 4 is 28.9 Å². The summed E-state index contributed by atoms with van der Waals surface area (Å²) < 4.78 is 5.01. The normalized spacial score (nSPS) is 10.6. The molecule has 1 amide bonds. The zero-order valence-corrected chi connectivity index (χ0v) is 13.1. The van der Waals surface area contributed by atoms with E-state index in [0.29, 0.717) is 18.8 Å². The van der Waals surface area contributed by atoms with E-state index in [2.05, 4.69) is 10.6 Å². The monoisotopic (exact) mass is 338 g/mol. The van der Waals surface area contributed by atoms with Crippen molar-refractivity contribution in [2.45, 2.75) is 6.42 Å². The first-order chi connectivity index (χ1) is 11.0. The van der Waals surface area contributed by atoms with Gasteiger partial charge in [0.1, 0.15) is 17.4 Å². The smallest absolute Gasteiger partial charge is 0.273 e. The van der Waals surface area contributed by atoms with E-state index in [0.717, 1.165) is 0 Å². The number of hydrogen-bond donors (Lipinski definition) is 2. The second-order valence-corrected chi connectivity index (χ2v) is 4.64. The van der Waals surface area contributed by atoms with Crippen LogP contribution in [0.3, 0.4) is 0 Å². The second-order valence-electron chi connectivity index (χ2n) is 4.26. The molecule has 0 aliphatic rings. The molecule has 0 saturated carbocycles. The van der Waals surface area contributed by atoms with Crippen molar-refractivity contribution in [1.29, 1.82) is 5.26 Å². The van der Waals surface area contributed by atoms with E-state index < -0.39 is 10.8 Å². The van der Waals surface area contributed by atoms with Gasteiger partial charge in [-0.25, -0.2) is 0 Å². The maximum atomic E-state index is 12.0. The van der Waals surface area contributed by atoms with E-state index >= 15 is 0 Å². The number of nitriles is 1. The van der Waals surface area contributed by atoms with Crippen LogP contribution in [-0.4, -0.2) is 30.4 Å². The van der Waals surface area contributed by atoms with Crippen LogP contribution in [0.25, 0.3) is 0 Å². The van der Waals surface area contributed by atoms with Crippen molar-refractivity contribution in [3.05, 3.63) is 40.1 Å². The van der Waals surface area contributed by atoms with E-state index in [9.17, 15) is 14.9 Å². The lowest BCUT2D eigenvalue weighted by Gasteiger charge is -2.09. The summed E-state index contributed by atoms with van der Waals surface area (Å²) >= 11 is 5.52. The molecule has 9 heteroatoms. The molecule has 1 aromatic rings. The minimum atomic E-state index is -0.655. The van der Waals surface area contributed by atoms with Gasteiger partial charge >= 0.3 is 0 Å². The number of nitro groups is 1. The first-order valence-corrected chi connectivity index (χ1v) is 7.10. The average Bonchev–Trinajstić information content (AvgIpc) is 2.55. The van der Waals surface area contributed by atoms with E-state index in [1.54, 1.807) is 6.07 Å². The number of nitro benzene ring substituents is 1. The summed E-state index contributed by atoms with van der Waals surface area (Å²) in [7, 11) is 1.32. The topological polar surface area (TPSA) is 117 Å². The molecule has 1 aromatic carbocycles. The molecule has 23 heavy (non-hydrogen) atoms. The number of nitrogens with one attached hydrogen (secondary N) is 2.